The van der Waals surface area contributed by atoms with E-state index in [0.717, 1.165) is 39.0 Å². The highest BCUT2D eigenvalue weighted by atomic mass is 15.2. The first kappa shape index (κ1) is 14.9. The number of nitrogens with zero attached hydrogens (tertiary/aromatic N) is 2. The van der Waals surface area contributed by atoms with Gasteiger partial charge in [0.2, 0.25) is 0 Å². The summed E-state index contributed by atoms with van der Waals surface area (Å²) in [5, 5.41) is 3.12. The van der Waals surface area contributed by atoms with E-state index in [2.05, 4.69) is 53.3 Å². The fourth-order valence-corrected chi connectivity index (χ4v) is 2.55. The van der Waals surface area contributed by atoms with Crippen LogP contribution in [0, 0.1) is 0 Å². The van der Waals surface area contributed by atoms with Gasteiger partial charge in [0, 0.05) is 25.7 Å². The summed E-state index contributed by atoms with van der Waals surface area (Å²) in [5.41, 5.74) is 8.77. The summed E-state index contributed by atoms with van der Waals surface area (Å²) in [7, 11) is 0. The molecule has 0 bridgehead atoms. The van der Waals surface area contributed by atoms with E-state index in [1.807, 2.05) is 0 Å². The van der Waals surface area contributed by atoms with Gasteiger partial charge in [-0.05, 0) is 30.9 Å². The molecule has 0 amide bonds. The lowest BCUT2D eigenvalue weighted by Crippen LogP contribution is -2.40. The largest absolute Gasteiger partial charge is 0.370 e. The number of nitrogens with two attached hydrogens (primary N) is 1. The van der Waals surface area contributed by atoms with E-state index in [4.69, 9.17) is 5.73 Å². The van der Waals surface area contributed by atoms with Crippen LogP contribution in [0.4, 0.5) is 0 Å². The summed E-state index contributed by atoms with van der Waals surface area (Å²) in [6.45, 7) is 8.12. The highest BCUT2D eigenvalue weighted by Gasteiger charge is 2.19. The van der Waals surface area contributed by atoms with E-state index in [9.17, 15) is 0 Å². The van der Waals surface area contributed by atoms with E-state index in [1.54, 1.807) is 0 Å². The highest BCUT2D eigenvalue weighted by molar-refractivity contribution is 5.77. The number of benzene rings is 1. The molecule has 3 N–H and O–H groups in total. The fourth-order valence-electron chi connectivity index (χ4n) is 2.55. The number of fused-ring (bicyclic) bond motifs is 1. The van der Waals surface area contributed by atoms with E-state index in [1.165, 1.54) is 11.1 Å². The molecule has 0 spiro atoms. The van der Waals surface area contributed by atoms with E-state index in [0.29, 0.717) is 12.0 Å². The van der Waals surface area contributed by atoms with Gasteiger partial charge in [-0.25, -0.2) is 0 Å². The first-order chi connectivity index (χ1) is 9.70. The molecular weight excluding hydrogens is 248 g/mol. The van der Waals surface area contributed by atoms with Crippen molar-refractivity contribution in [3.05, 3.63) is 35.4 Å². The van der Waals surface area contributed by atoms with Crippen LogP contribution in [0.25, 0.3) is 0 Å². The van der Waals surface area contributed by atoms with Crippen molar-refractivity contribution in [1.82, 2.24) is 10.2 Å². The van der Waals surface area contributed by atoms with Gasteiger partial charge in [-0.15, -0.1) is 0 Å². The Labute approximate surface area is 122 Å². The smallest absolute Gasteiger partial charge is 0.188 e. The Morgan fingerprint density at radius 1 is 1.40 bits per heavy atom. The number of hydrogen-bond donors (Lipinski definition) is 2. The predicted molar refractivity (Wildman–Crippen MR) is 84.8 cm³/mol. The Morgan fingerprint density at radius 2 is 2.15 bits per heavy atom. The van der Waals surface area contributed by atoms with Gasteiger partial charge in [-0.3, -0.25) is 9.89 Å². The van der Waals surface area contributed by atoms with Gasteiger partial charge in [0.25, 0.3) is 0 Å². The lowest BCUT2D eigenvalue weighted by Gasteiger charge is -2.33. The average Bonchev–Trinajstić information content (AvgIpc) is 2.50. The zero-order valence-electron chi connectivity index (χ0n) is 12.6. The maximum atomic E-state index is 5.83. The molecule has 0 radical (unpaired) electrons. The van der Waals surface area contributed by atoms with Crippen molar-refractivity contribution in [1.29, 1.82) is 0 Å². The summed E-state index contributed by atoms with van der Waals surface area (Å²) in [6, 6.07) is 9.14. The molecule has 0 fully saturated rings. The molecule has 1 heterocycles. The van der Waals surface area contributed by atoms with Crippen LogP contribution in [0.3, 0.4) is 0 Å². The quantitative estimate of drug-likeness (QED) is 0.635. The van der Waals surface area contributed by atoms with Crippen LogP contribution in [0.1, 0.15) is 31.4 Å². The van der Waals surface area contributed by atoms with Crippen LogP contribution in [0.2, 0.25) is 0 Å². The molecule has 0 saturated carbocycles. The molecule has 1 aromatic carbocycles. The Hall–Kier alpha value is -1.55. The van der Waals surface area contributed by atoms with Gasteiger partial charge in [0.05, 0.1) is 6.54 Å². The van der Waals surface area contributed by atoms with E-state index < -0.39 is 0 Å². The Morgan fingerprint density at radius 3 is 2.90 bits per heavy atom. The van der Waals surface area contributed by atoms with Crippen molar-refractivity contribution >= 4 is 5.96 Å². The summed E-state index contributed by atoms with van der Waals surface area (Å²) < 4.78 is 0. The number of rotatable bonds is 5. The molecule has 1 unspecified atom stereocenters. The maximum absolute atomic E-state index is 5.83. The predicted octanol–water partition coefficient (Wildman–Crippen LogP) is 1.75. The minimum absolute atomic E-state index is 0.422. The Balaban J connectivity index is 1.87. The normalized spacial score (nSPS) is 17.6. The minimum atomic E-state index is 0.422. The number of nitrogens with one attached hydrogen (secondary N) is 1. The second-order valence-electron chi connectivity index (χ2n) is 5.49. The Kier molecular flexibility index (Phi) is 5.41. The van der Waals surface area contributed by atoms with Gasteiger partial charge in [0.1, 0.15) is 0 Å². The van der Waals surface area contributed by atoms with E-state index >= 15 is 0 Å². The van der Waals surface area contributed by atoms with Crippen LogP contribution in [-0.4, -0.2) is 36.5 Å². The van der Waals surface area contributed by atoms with Gasteiger partial charge in [-0.2, -0.15) is 0 Å². The van der Waals surface area contributed by atoms with Gasteiger partial charge >= 0.3 is 0 Å². The van der Waals surface area contributed by atoms with Crippen molar-refractivity contribution in [3.8, 4) is 0 Å². The summed E-state index contributed by atoms with van der Waals surface area (Å²) >= 11 is 0. The van der Waals surface area contributed by atoms with E-state index in [-0.39, 0.29) is 0 Å². The number of hydrogen-bond acceptors (Lipinski definition) is 2. The lowest BCUT2D eigenvalue weighted by atomic mass is 9.99. The van der Waals surface area contributed by atoms with Gasteiger partial charge in [-0.1, -0.05) is 31.2 Å². The average molecular weight is 274 g/mol. The molecular formula is C16H26N4. The van der Waals surface area contributed by atoms with Crippen LogP contribution in [-0.2, 0) is 13.0 Å². The fraction of sp³-hybridized carbons (Fsp3) is 0.562. The van der Waals surface area contributed by atoms with Crippen molar-refractivity contribution < 1.29 is 0 Å². The molecule has 1 aromatic rings. The second kappa shape index (κ2) is 7.29. The van der Waals surface area contributed by atoms with Crippen molar-refractivity contribution in [2.45, 2.75) is 39.3 Å². The highest BCUT2D eigenvalue weighted by Crippen LogP contribution is 2.20. The monoisotopic (exact) mass is 274 g/mol. The molecule has 4 heteroatoms. The maximum Gasteiger partial charge on any atom is 0.188 e. The first-order valence-electron chi connectivity index (χ1n) is 7.55. The first-order valence-corrected chi connectivity index (χ1v) is 7.55. The second-order valence-corrected chi connectivity index (χ2v) is 5.49. The molecule has 4 nitrogen and oxygen atoms in total. The lowest BCUT2D eigenvalue weighted by molar-refractivity contribution is 0.195. The van der Waals surface area contributed by atoms with Gasteiger partial charge < -0.3 is 11.1 Å². The summed E-state index contributed by atoms with van der Waals surface area (Å²) in [6.07, 6.45) is 2.20. The van der Waals surface area contributed by atoms with Crippen molar-refractivity contribution in [2.24, 2.45) is 10.7 Å². The van der Waals surface area contributed by atoms with Crippen LogP contribution >= 0.6 is 0 Å². The van der Waals surface area contributed by atoms with Crippen LogP contribution in [0.5, 0.6) is 0 Å². The van der Waals surface area contributed by atoms with Crippen LogP contribution < -0.4 is 11.1 Å². The molecule has 20 heavy (non-hydrogen) atoms. The molecule has 0 aromatic heterocycles. The molecule has 2 rings (SSSR count). The molecule has 0 aliphatic carbocycles. The van der Waals surface area contributed by atoms with Crippen molar-refractivity contribution in [3.63, 3.8) is 0 Å². The number of aliphatic imine (C=N–C) groups is 1. The van der Waals surface area contributed by atoms with Crippen LogP contribution in [0.15, 0.2) is 29.3 Å². The molecule has 110 valence electrons. The Bertz CT molecular complexity index is 456. The van der Waals surface area contributed by atoms with Gasteiger partial charge in [0.15, 0.2) is 5.96 Å². The molecule has 1 aliphatic heterocycles. The molecule has 0 saturated heterocycles. The minimum Gasteiger partial charge on any atom is -0.370 e. The zero-order chi connectivity index (χ0) is 14.4. The zero-order valence-corrected chi connectivity index (χ0v) is 12.6. The third kappa shape index (κ3) is 3.97. The third-order valence-electron chi connectivity index (χ3n) is 3.87. The third-order valence-corrected chi connectivity index (χ3v) is 3.87. The standard InChI is InChI=1S/C16H26N4/c1-3-9-18-16(17)19-11-13(2)20-10-8-14-6-4-5-7-15(14)12-20/h4-7,13H,3,8-12H2,1-2H3,(H3,17,18,19). The molecule has 1 atom stereocenters. The molecule has 1 aliphatic rings. The topological polar surface area (TPSA) is 53.6 Å². The van der Waals surface area contributed by atoms with Crippen molar-refractivity contribution in [2.75, 3.05) is 19.6 Å². The summed E-state index contributed by atoms with van der Waals surface area (Å²) in [5.74, 6) is 0.566. The summed E-state index contributed by atoms with van der Waals surface area (Å²) in [4.78, 5) is 6.92. The SMILES string of the molecule is CCCNC(N)=NCC(C)N1CCc2ccccc2C1. The number of guanidine groups is 1.